The molecule has 1 heterocycles. The predicted octanol–water partition coefficient (Wildman–Crippen LogP) is 5.28. The summed E-state index contributed by atoms with van der Waals surface area (Å²) in [6, 6.07) is 12.6. The van der Waals surface area contributed by atoms with Crippen LogP contribution in [0, 0.1) is 0 Å². The lowest BCUT2D eigenvalue weighted by Crippen LogP contribution is -2.27. The number of nitrogens with one attached hydrogen (secondary N) is 2. The second-order valence-corrected chi connectivity index (χ2v) is 8.47. The fraction of sp³-hybridized carbons (Fsp3) is 0.318. The smallest absolute Gasteiger partial charge is 0.235 e. The van der Waals surface area contributed by atoms with Crippen LogP contribution >= 0.6 is 0 Å². The zero-order valence-corrected chi connectivity index (χ0v) is 15.8. The Bertz CT molecular complexity index is 1050. The van der Waals surface area contributed by atoms with E-state index in [2.05, 4.69) is 37.1 Å². The van der Waals surface area contributed by atoms with Gasteiger partial charge >= 0.3 is 0 Å². The molecule has 5 nitrogen and oxygen atoms in total. The first-order chi connectivity index (χ1) is 12.7. The van der Waals surface area contributed by atoms with E-state index in [0.717, 1.165) is 40.7 Å². The lowest BCUT2D eigenvalue weighted by atomic mass is 9.92. The standard InChI is InChI=1S/C22H24N2O3.3H2/c1-21(2,3)19-11-13-10-15(5-6-16(13)24-19)23-20(27)22(8-9-22)14-4-7-17(25)18(26)12-14;;;/h4-7,10-12,24-26H,8-9H2,1-3H3,(H,23,27);3*1H. The number of phenols is 2. The second-order valence-electron chi connectivity index (χ2n) is 8.47. The third-order valence-corrected chi connectivity index (χ3v) is 5.40. The lowest BCUT2D eigenvalue weighted by molar-refractivity contribution is -0.118. The van der Waals surface area contributed by atoms with Crippen LogP contribution in [0.2, 0.25) is 0 Å². The van der Waals surface area contributed by atoms with E-state index < -0.39 is 5.41 Å². The number of amides is 1. The lowest BCUT2D eigenvalue weighted by Gasteiger charge is -2.16. The average Bonchev–Trinajstić information content (AvgIpc) is 3.29. The largest absolute Gasteiger partial charge is 0.504 e. The van der Waals surface area contributed by atoms with Crippen molar-refractivity contribution >= 4 is 22.5 Å². The predicted molar refractivity (Wildman–Crippen MR) is 113 cm³/mol. The number of aromatic amines is 1. The van der Waals surface area contributed by atoms with Crippen molar-refractivity contribution in [2.45, 2.75) is 44.4 Å². The molecule has 0 unspecified atom stereocenters. The van der Waals surface area contributed by atoms with Crippen molar-refractivity contribution in [3.05, 3.63) is 53.7 Å². The molecule has 1 aliphatic carbocycles. The number of anilines is 1. The van der Waals surface area contributed by atoms with E-state index in [1.807, 2.05) is 18.2 Å². The molecule has 0 bridgehead atoms. The molecule has 5 heteroatoms. The van der Waals surface area contributed by atoms with Crippen LogP contribution in [0.4, 0.5) is 5.69 Å². The van der Waals surface area contributed by atoms with Gasteiger partial charge in [-0.15, -0.1) is 0 Å². The van der Waals surface area contributed by atoms with Crippen LogP contribution in [-0.2, 0) is 15.6 Å². The summed E-state index contributed by atoms with van der Waals surface area (Å²) in [6.45, 7) is 6.47. The number of fused-ring (bicyclic) bond motifs is 1. The number of aromatic nitrogens is 1. The summed E-state index contributed by atoms with van der Waals surface area (Å²) < 4.78 is 0. The van der Waals surface area contributed by atoms with Gasteiger partial charge in [-0.1, -0.05) is 26.8 Å². The molecule has 0 atom stereocenters. The van der Waals surface area contributed by atoms with Crippen molar-refractivity contribution < 1.29 is 19.3 Å². The molecule has 1 aromatic heterocycles. The Kier molecular flexibility index (Phi) is 3.74. The Labute approximate surface area is 162 Å². The van der Waals surface area contributed by atoms with Crippen LogP contribution in [-0.4, -0.2) is 21.1 Å². The third-order valence-electron chi connectivity index (χ3n) is 5.40. The maximum absolute atomic E-state index is 12.9. The average molecular weight is 370 g/mol. The van der Waals surface area contributed by atoms with Crippen molar-refractivity contribution in [1.29, 1.82) is 0 Å². The number of carbonyl (C=O) groups is 1. The minimum absolute atomic E-state index is 0. The maximum Gasteiger partial charge on any atom is 0.235 e. The summed E-state index contributed by atoms with van der Waals surface area (Å²) >= 11 is 0. The van der Waals surface area contributed by atoms with Gasteiger partial charge in [-0.05, 0) is 54.8 Å². The van der Waals surface area contributed by atoms with Gasteiger partial charge in [0, 0.05) is 32.0 Å². The SMILES string of the molecule is CC(C)(C)c1cc2cc(NC(=O)C3(c4ccc(O)c(O)c4)CC3)ccc2[nH]1.[HH].[HH].[HH]. The maximum atomic E-state index is 12.9. The van der Waals surface area contributed by atoms with Crippen LogP contribution in [0.3, 0.4) is 0 Å². The number of aromatic hydroxyl groups is 2. The molecule has 27 heavy (non-hydrogen) atoms. The van der Waals surface area contributed by atoms with E-state index in [0.29, 0.717) is 0 Å². The number of rotatable bonds is 3. The molecular formula is C22H30N2O3. The molecule has 1 aliphatic rings. The van der Waals surface area contributed by atoms with E-state index in [9.17, 15) is 15.0 Å². The van der Waals surface area contributed by atoms with Crippen molar-refractivity contribution in [2.24, 2.45) is 0 Å². The van der Waals surface area contributed by atoms with Crippen LogP contribution < -0.4 is 5.32 Å². The first-order valence-corrected chi connectivity index (χ1v) is 9.16. The number of hydrogen-bond donors (Lipinski definition) is 4. The van der Waals surface area contributed by atoms with Crippen LogP contribution in [0.15, 0.2) is 42.5 Å². The quantitative estimate of drug-likeness (QED) is 0.473. The molecule has 1 fully saturated rings. The number of carbonyl (C=O) groups excluding carboxylic acids is 1. The van der Waals surface area contributed by atoms with Crippen molar-refractivity contribution in [2.75, 3.05) is 5.32 Å². The number of phenolic OH excluding ortho intramolecular Hbond substituents is 2. The Morgan fingerprint density at radius 1 is 1.07 bits per heavy atom. The van der Waals surface area contributed by atoms with E-state index in [4.69, 9.17) is 0 Å². The minimum atomic E-state index is -0.630. The highest BCUT2D eigenvalue weighted by atomic mass is 16.3. The molecule has 1 saturated carbocycles. The Balaban J connectivity index is 0.00000150. The fourth-order valence-corrected chi connectivity index (χ4v) is 3.46. The molecule has 2 aromatic carbocycles. The van der Waals surface area contributed by atoms with Gasteiger partial charge in [-0.25, -0.2) is 0 Å². The molecule has 0 spiro atoms. The van der Waals surface area contributed by atoms with Gasteiger partial charge in [-0.3, -0.25) is 4.79 Å². The van der Waals surface area contributed by atoms with Gasteiger partial charge in [0.15, 0.2) is 11.5 Å². The molecule has 3 aromatic rings. The summed E-state index contributed by atoms with van der Waals surface area (Å²) in [5, 5.41) is 23.4. The summed E-state index contributed by atoms with van der Waals surface area (Å²) in [5.74, 6) is -0.462. The summed E-state index contributed by atoms with van der Waals surface area (Å²) in [7, 11) is 0. The highest BCUT2D eigenvalue weighted by molar-refractivity contribution is 6.02. The molecule has 146 valence electrons. The van der Waals surface area contributed by atoms with Crippen molar-refractivity contribution in [3.8, 4) is 11.5 Å². The molecule has 4 N–H and O–H groups in total. The third kappa shape index (κ3) is 3.03. The minimum Gasteiger partial charge on any atom is -0.504 e. The second kappa shape index (κ2) is 5.78. The zero-order valence-electron chi connectivity index (χ0n) is 15.8. The number of H-pyrrole nitrogens is 1. The van der Waals surface area contributed by atoms with Crippen molar-refractivity contribution in [1.82, 2.24) is 4.98 Å². The highest BCUT2D eigenvalue weighted by Crippen LogP contribution is 2.50. The van der Waals surface area contributed by atoms with E-state index in [1.165, 1.54) is 12.1 Å². The molecule has 0 saturated heterocycles. The van der Waals surface area contributed by atoms with Crippen LogP contribution in [0.25, 0.3) is 10.9 Å². The van der Waals surface area contributed by atoms with Crippen LogP contribution in [0.5, 0.6) is 11.5 Å². The van der Waals surface area contributed by atoms with E-state index >= 15 is 0 Å². The summed E-state index contributed by atoms with van der Waals surface area (Å²) in [6.07, 6.45) is 1.45. The topological polar surface area (TPSA) is 85.3 Å². The van der Waals surface area contributed by atoms with Gasteiger partial charge < -0.3 is 20.5 Å². The van der Waals surface area contributed by atoms with Crippen molar-refractivity contribution in [3.63, 3.8) is 0 Å². The number of benzene rings is 2. The Morgan fingerprint density at radius 3 is 2.44 bits per heavy atom. The van der Waals surface area contributed by atoms with E-state index in [-0.39, 0.29) is 27.1 Å². The molecule has 0 aliphatic heterocycles. The molecule has 4 rings (SSSR count). The summed E-state index contributed by atoms with van der Waals surface area (Å²) in [4.78, 5) is 16.4. The first kappa shape index (κ1) is 17.5. The first-order valence-electron chi connectivity index (χ1n) is 9.16. The van der Waals surface area contributed by atoms with Gasteiger partial charge in [0.25, 0.3) is 0 Å². The normalized spacial score (nSPS) is 15.7. The van der Waals surface area contributed by atoms with Crippen LogP contribution in [0.1, 0.15) is 49.2 Å². The van der Waals surface area contributed by atoms with Gasteiger partial charge in [0.1, 0.15) is 0 Å². The van der Waals surface area contributed by atoms with E-state index in [1.54, 1.807) is 6.07 Å². The molecule has 0 radical (unpaired) electrons. The molecule has 1 amide bonds. The monoisotopic (exact) mass is 370 g/mol. The molecular weight excluding hydrogens is 340 g/mol. The fourth-order valence-electron chi connectivity index (χ4n) is 3.46. The van der Waals surface area contributed by atoms with Gasteiger partial charge in [0.05, 0.1) is 5.41 Å². The number of hydrogen-bond acceptors (Lipinski definition) is 3. The van der Waals surface area contributed by atoms with Gasteiger partial charge in [0.2, 0.25) is 5.91 Å². The highest BCUT2D eigenvalue weighted by Gasteiger charge is 2.51. The Morgan fingerprint density at radius 2 is 1.81 bits per heavy atom. The van der Waals surface area contributed by atoms with Gasteiger partial charge in [-0.2, -0.15) is 0 Å². The Hall–Kier alpha value is -2.95. The zero-order chi connectivity index (χ0) is 19.4. The summed E-state index contributed by atoms with van der Waals surface area (Å²) in [5.41, 5.74) is 3.08.